The van der Waals surface area contributed by atoms with E-state index in [-0.39, 0.29) is 5.92 Å². The number of aliphatic hydroxyl groups is 1. The third-order valence-corrected chi connectivity index (χ3v) is 4.94. The highest BCUT2D eigenvalue weighted by Crippen LogP contribution is 2.59. The van der Waals surface area contributed by atoms with Gasteiger partial charge in [-0.3, -0.25) is 4.79 Å². The average molecular weight is 385 g/mol. The van der Waals surface area contributed by atoms with Gasteiger partial charge in [0, 0.05) is 24.2 Å². The Labute approximate surface area is 154 Å². The molecule has 1 N–H and O–H groups in total. The van der Waals surface area contributed by atoms with Gasteiger partial charge < -0.3 is 9.84 Å². The summed E-state index contributed by atoms with van der Waals surface area (Å²) in [6.45, 7) is 3.48. The highest BCUT2D eigenvalue weighted by atomic mass is 19.2. The molecule has 1 aromatic carbocycles. The summed E-state index contributed by atoms with van der Waals surface area (Å²) in [6.07, 6.45) is 1.03. The zero-order valence-corrected chi connectivity index (χ0v) is 15.1. The van der Waals surface area contributed by atoms with E-state index in [0.29, 0.717) is 5.57 Å². The summed E-state index contributed by atoms with van der Waals surface area (Å²) in [4.78, 5) is 12.2. The Hall–Kier alpha value is -2.40. The second kappa shape index (κ2) is 7.69. The summed E-state index contributed by atoms with van der Waals surface area (Å²) >= 11 is 0. The third-order valence-electron chi connectivity index (χ3n) is 4.94. The van der Waals surface area contributed by atoms with Crippen LogP contribution in [0, 0.1) is 51.9 Å². The number of rotatable bonds is 6. The van der Waals surface area contributed by atoms with E-state index < -0.39 is 71.3 Å². The maximum atomic E-state index is 14.0. The van der Waals surface area contributed by atoms with Crippen LogP contribution in [0.5, 0.6) is 0 Å². The van der Waals surface area contributed by atoms with E-state index in [9.17, 15) is 22.4 Å². The number of nitrogens with zero attached hydrogens (tertiary/aromatic N) is 1. The first kappa shape index (κ1) is 20.9. The quantitative estimate of drug-likeness (QED) is 0.352. The smallest absolute Gasteiger partial charge is 0.310 e. The van der Waals surface area contributed by atoms with Crippen molar-refractivity contribution in [3.05, 3.63) is 46.0 Å². The molecule has 27 heavy (non-hydrogen) atoms. The van der Waals surface area contributed by atoms with Crippen LogP contribution >= 0.6 is 0 Å². The Morgan fingerprint density at radius 2 is 1.70 bits per heavy atom. The van der Waals surface area contributed by atoms with Crippen LogP contribution in [-0.2, 0) is 22.6 Å². The standard InChI is InChI=1S/C19H19F4NO3/c1-9(7-24)6-12-13(19(12,2)3)18(26)27-8-11-16(22)14(20)10(4-5-25)15(21)17(11)23/h6,12-13,25H,4-5,8H2,1-3H3/b9-6-. The van der Waals surface area contributed by atoms with Crippen LogP contribution in [0.1, 0.15) is 31.9 Å². The lowest BCUT2D eigenvalue weighted by atomic mass is 10.1. The van der Waals surface area contributed by atoms with Crippen LogP contribution in [0.15, 0.2) is 11.6 Å². The zero-order valence-electron chi connectivity index (χ0n) is 15.1. The number of nitriles is 1. The molecule has 0 radical (unpaired) electrons. The lowest BCUT2D eigenvalue weighted by molar-refractivity contribution is -0.147. The van der Waals surface area contributed by atoms with Crippen LogP contribution in [0.2, 0.25) is 0 Å². The number of hydrogen-bond acceptors (Lipinski definition) is 4. The number of ether oxygens (including phenoxy) is 1. The molecule has 2 rings (SSSR count). The minimum Gasteiger partial charge on any atom is -0.460 e. The lowest BCUT2D eigenvalue weighted by Gasteiger charge is -2.12. The van der Waals surface area contributed by atoms with Gasteiger partial charge in [0.2, 0.25) is 0 Å². The SMILES string of the molecule is C/C(C#N)=C/C1C(C(=O)OCc2c(F)c(F)c(CCO)c(F)c2F)C1(C)C. The van der Waals surface area contributed by atoms with Crippen molar-refractivity contribution in [1.82, 2.24) is 0 Å². The summed E-state index contributed by atoms with van der Waals surface area (Å²) in [7, 11) is 0. The molecule has 1 fully saturated rings. The second-order valence-corrected chi connectivity index (χ2v) is 7.08. The molecule has 1 aromatic rings. The molecule has 0 amide bonds. The minimum atomic E-state index is -1.66. The maximum Gasteiger partial charge on any atom is 0.310 e. The summed E-state index contributed by atoms with van der Waals surface area (Å²) in [5.74, 6) is -8.23. The van der Waals surface area contributed by atoms with E-state index in [1.165, 1.54) is 0 Å². The summed E-state index contributed by atoms with van der Waals surface area (Å²) in [6, 6.07) is 1.94. The largest absolute Gasteiger partial charge is 0.460 e. The van der Waals surface area contributed by atoms with E-state index in [1.54, 1.807) is 26.8 Å². The Morgan fingerprint density at radius 3 is 2.19 bits per heavy atom. The third kappa shape index (κ3) is 3.83. The van der Waals surface area contributed by atoms with Crippen molar-refractivity contribution < 1.29 is 32.2 Å². The Kier molecular flexibility index (Phi) is 5.95. The van der Waals surface area contributed by atoms with Gasteiger partial charge in [0.25, 0.3) is 0 Å². The molecule has 0 spiro atoms. The molecule has 8 heteroatoms. The van der Waals surface area contributed by atoms with Gasteiger partial charge in [-0.05, 0) is 18.3 Å². The normalized spacial score (nSPS) is 20.9. The Balaban J connectivity index is 2.18. The van der Waals surface area contributed by atoms with Crippen molar-refractivity contribution in [3.63, 3.8) is 0 Å². The predicted molar refractivity (Wildman–Crippen MR) is 87.0 cm³/mol. The van der Waals surface area contributed by atoms with Crippen molar-refractivity contribution in [2.75, 3.05) is 6.61 Å². The topological polar surface area (TPSA) is 70.3 Å². The predicted octanol–water partition coefficient (Wildman–Crippen LogP) is 3.56. The Morgan fingerprint density at radius 1 is 1.19 bits per heavy atom. The summed E-state index contributed by atoms with van der Waals surface area (Å²) in [5, 5.41) is 17.6. The summed E-state index contributed by atoms with van der Waals surface area (Å²) < 4.78 is 60.7. The number of hydrogen-bond donors (Lipinski definition) is 1. The van der Waals surface area contributed by atoms with Gasteiger partial charge >= 0.3 is 5.97 Å². The van der Waals surface area contributed by atoms with Crippen LogP contribution < -0.4 is 0 Å². The fraction of sp³-hybridized carbons (Fsp3) is 0.474. The van der Waals surface area contributed by atoms with Crippen molar-refractivity contribution in [1.29, 1.82) is 5.26 Å². The van der Waals surface area contributed by atoms with E-state index in [1.807, 2.05) is 6.07 Å². The first-order valence-corrected chi connectivity index (χ1v) is 8.27. The highest BCUT2D eigenvalue weighted by molar-refractivity contribution is 5.78. The highest BCUT2D eigenvalue weighted by Gasteiger charge is 2.61. The average Bonchev–Trinajstić information content (AvgIpc) is 3.16. The van der Waals surface area contributed by atoms with Crippen LogP contribution in [0.3, 0.4) is 0 Å². The van der Waals surface area contributed by atoms with Crippen LogP contribution in [-0.4, -0.2) is 17.7 Å². The molecule has 0 aromatic heterocycles. The molecule has 0 saturated heterocycles. The van der Waals surface area contributed by atoms with Gasteiger partial charge in [-0.25, -0.2) is 17.6 Å². The van der Waals surface area contributed by atoms with Crippen molar-refractivity contribution in [2.45, 2.75) is 33.8 Å². The van der Waals surface area contributed by atoms with Crippen molar-refractivity contribution in [3.8, 4) is 6.07 Å². The summed E-state index contributed by atoms with van der Waals surface area (Å²) in [5.41, 5.74) is -2.01. The maximum absolute atomic E-state index is 14.0. The fourth-order valence-electron chi connectivity index (χ4n) is 3.16. The minimum absolute atomic E-state index is 0.278. The van der Waals surface area contributed by atoms with Gasteiger partial charge in [-0.1, -0.05) is 19.9 Å². The molecule has 1 aliphatic carbocycles. The molecule has 0 heterocycles. The number of carbonyl (C=O) groups excluding carboxylic acids is 1. The first-order valence-electron chi connectivity index (χ1n) is 8.27. The van der Waals surface area contributed by atoms with Gasteiger partial charge in [0.05, 0.1) is 17.6 Å². The monoisotopic (exact) mass is 385 g/mol. The van der Waals surface area contributed by atoms with E-state index in [2.05, 4.69) is 0 Å². The number of carbonyl (C=O) groups is 1. The zero-order chi connectivity index (χ0) is 20.5. The van der Waals surface area contributed by atoms with Gasteiger partial charge in [-0.2, -0.15) is 5.26 Å². The van der Waals surface area contributed by atoms with Gasteiger partial charge in [0.15, 0.2) is 23.3 Å². The number of halogens is 4. The van der Waals surface area contributed by atoms with Gasteiger partial charge in [0.1, 0.15) is 6.61 Å². The molecule has 146 valence electrons. The van der Waals surface area contributed by atoms with Crippen LogP contribution in [0.25, 0.3) is 0 Å². The molecule has 4 nitrogen and oxygen atoms in total. The van der Waals surface area contributed by atoms with E-state index in [4.69, 9.17) is 15.1 Å². The molecule has 2 unspecified atom stereocenters. The fourth-order valence-corrected chi connectivity index (χ4v) is 3.16. The number of aliphatic hydroxyl groups excluding tert-OH is 1. The van der Waals surface area contributed by atoms with Gasteiger partial charge in [-0.15, -0.1) is 0 Å². The number of esters is 1. The van der Waals surface area contributed by atoms with Crippen LogP contribution in [0.4, 0.5) is 17.6 Å². The molecule has 0 aliphatic heterocycles. The first-order chi connectivity index (χ1) is 12.6. The van der Waals surface area contributed by atoms with Crippen molar-refractivity contribution in [2.24, 2.45) is 17.3 Å². The van der Waals surface area contributed by atoms with E-state index in [0.717, 1.165) is 0 Å². The lowest BCUT2D eigenvalue weighted by Crippen LogP contribution is -2.15. The molecule has 1 saturated carbocycles. The Bertz CT molecular complexity index is 813. The number of allylic oxidation sites excluding steroid dienone is 2. The second-order valence-electron chi connectivity index (χ2n) is 7.08. The molecule has 2 atom stereocenters. The number of benzene rings is 1. The van der Waals surface area contributed by atoms with Crippen molar-refractivity contribution >= 4 is 5.97 Å². The van der Waals surface area contributed by atoms with E-state index >= 15 is 0 Å². The molecule has 1 aliphatic rings. The molecular weight excluding hydrogens is 366 g/mol. The molecular formula is C19H19F4NO3. The molecule has 0 bridgehead atoms.